The minimum absolute atomic E-state index is 0.00606. The number of para-hydroxylation sites is 1. The summed E-state index contributed by atoms with van der Waals surface area (Å²) < 4.78 is 7.95. The number of aromatic nitrogens is 1. The van der Waals surface area contributed by atoms with Crippen molar-refractivity contribution in [1.29, 1.82) is 0 Å². The van der Waals surface area contributed by atoms with Gasteiger partial charge in [-0.05, 0) is 53.1 Å². The number of hydrogen-bond acceptors (Lipinski definition) is 2. The number of hydrogen-bond donors (Lipinski definition) is 0. The minimum atomic E-state index is 0.00606. The van der Waals surface area contributed by atoms with Gasteiger partial charge in [-0.25, -0.2) is 0 Å². The Labute approximate surface area is 250 Å². The molecule has 42 heavy (non-hydrogen) atoms. The molecule has 198 valence electrons. The Bertz CT molecular complexity index is 2610. The van der Waals surface area contributed by atoms with Gasteiger partial charge in [0.25, 0.3) is 0 Å². The van der Waals surface area contributed by atoms with Crippen molar-refractivity contribution in [2.45, 2.75) is 19.3 Å². The molecule has 0 atom stereocenters. The number of rotatable bonds is 1. The van der Waals surface area contributed by atoms with E-state index in [1.54, 1.807) is 0 Å². The first-order chi connectivity index (χ1) is 20.6. The molecule has 1 aliphatic rings. The summed E-state index contributed by atoms with van der Waals surface area (Å²) in [5.41, 5.74) is 9.45. The van der Waals surface area contributed by atoms with Gasteiger partial charge in [0.05, 0.1) is 11.0 Å². The van der Waals surface area contributed by atoms with Crippen LogP contribution in [0.15, 0.2) is 115 Å². The van der Waals surface area contributed by atoms with Crippen molar-refractivity contribution in [3.8, 4) is 16.8 Å². The predicted octanol–water partition coefficient (Wildman–Crippen LogP) is 11.8. The van der Waals surface area contributed by atoms with Crippen LogP contribution < -0.4 is 0 Å². The summed E-state index contributed by atoms with van der Waals surface area (Å²) in [5.74, 6) is 0. The third kappa shape index (κ3) is 2.78. The van der Waals surface area contributed by atoms with Crippen LogP contribution >= 0.6 is 22.7 Å². The molecule has 3 heterocycles. The molecule has 0 unspecified atom stereocenters. The van der Waals surface area contributed by atoms with E-state index in [1.807, 2.05) is 22.7 Å². The SMILES string of the molecule is CC1(C)c2ccccc2-c2c1ccc1c2sc2c1ccc1c2c2ccccc2n1-c1ccc2sc3ccccc3c2c1. The fraction of sp³-hybridized carbons (Fsp3) is 0.0769. The first-order valence-electron chi connectivity index (χ1n) is 14.5. The average molecular weight is 572 g/mol. The van der Waals surface area contributed by atoms with Gasteiger partial charge in [0, 0.05) is 67.8 Å². The van der Waals surface area contributed by atoms with Gasteiger partial charge in [-0.1, -0.05) is 92.7 Å². The molecule has 0 bridgehead atoms. The van der Waals surface area contributed by atoms with E-state index in [1.165, 1.54) is 90.1 Å². The Morgan fingerprint density at radius 3 is 2.19 bits per heavy atom. The smallest absolute Gasteiger partial charge is 0.0555 e. The van der Waals surface area contributed by atoms with E-state index in [-0.39, 0.29) is 5.41 Å². The van der Waals surface area contributed by atoms with E-state index in [0.29, 0.717) is 0 Å². The summed E-state index contributed by atoms with van der Waals surface area (Å²) in [4.78, 5) is 0. The first kappa shape index (κ1) is 23.2. The number of benzene rings is 6. The molecule has 1 nitrogen and oxygen atoms in total. The van der Waals surface area contributed by atoms with Gasteiger partial charge < -0.3 is 4.57 Å². The third-order valence-electron chi connectivity index (χ3n) is 9.60. The Hall–Kier alpha value is -4.44. The molecule has 3 aromatic heterocycles. The maximum absolute atomic E-state index is 2.48. The Morgan fingerprint density at radius 2 is 1.26 bits per heavy atom. The van der Waals surface area contributed by atoms with Crippen molar-refractivity contribution in [3.05, 3.63) is 126 Å². The third-order valence-corrected chi connectivity index (χ3v) is 12.0. The summed E-state index contributed by atoms with van der Waals surface area (Å²) in [5, 5.41) is 8.07. The van der Waals surface area contributed by atoms with Crippen LogP contribution in [0.25, 0.3) is 79.0 Å². The molecular formula is C39H25NS2. The van der Waals surface area contributed by atoms with Gasteiger partial charge in [-0.2, -0.15) is 0 Å². The molecule has 6 aromatic carbocycles. The molecule has 1 aliphatic carbocycles. The summed E-state index contributed by atoms with van der Waals surface area (Å²) in [7, 11) is 0. The molecule has 10 rings (SSSR count). The average Bonchev–Trinajstić information content (AvgIpc) is 3.74. The summed E-state index contributed by atoms with van der Waals surface area (Å²) >= 11 is 3.85. The molecule has 0 amide bonds. The first-order valence-corrected chi connectivity index (χ1v) is 16.2. The highest BCUT2D eigenvalue weighted by molar-refractivity contribution is 7.27. The fourth-order valence-electron chi connectivity index (χ4n) is 7.66. The van der Waals surface area contributed by atoms with E-state index in [2.05, 4.69) is 134 Å². The lowest BCUT2D eigenvalue weighted by atomic mass is 9.82. The Kier molecular flexibility index (Phi) is 4.35. The Balaban J connectivity index is 1.32. The highest BCUT2D eigenvalue weighted by atomic mass is 32.1. The van der Waals surface area contributed by atoms with Gasteiger partial charge in [0.15, 0.2) is 0 Å². The maximum Gasteiger partial charge on any atom is 0.0555 e. The second kappa shape index (κ2) is 7.89. The molecule has 0 fully saturated rings. The zero-order valence-electron chi connectivity index (χ0n) is 23.2. The molecule has 0 aliphatic heterocycles. The molecular weight excluding hydrogens is 547 g/mol. The lowest BCUT2D eigenvalue weighted by Gasteiger charge is -2.21. The highest BCUT2D eigenvalue weighted by Gasteiger charge is 2.36. The second-order valence-corrected chi connectivity index (χ2v) is 14.2. The number of fused-ring (bicyclic) bond motifs is 14. The number of nitrogens with zero attached hydrogens (tertiary/aromatic N) is 1. The maximum atomic E-state index is 2.48. The molecule has 3 heteroatoms. The summed E-state index contributed by atoms with van der Waals surface area (Å²) in [6.45, 7) is 4.74. The molecule has 0 saturated heterocycles. The lowest BCUT2D eigenvalue weighted by Crippen LogP contribution is -2.14. The van der Waals surface area contributed by atoms with Crippen molar-refractivity contribution in [3.63, 3.8) is 0 Å². The van der Waals surface area contributed by atoms with Gasteiger partial charge in [-0.15, -0.1) is 22.7 Å². The quantitative estimate of drug-likeness (QED) is 0.185. The zero-order valence-corrected chi connectivity index (χ0v) is 24.9. The molecule has 0 N–H and O–H groups in total. The molecule has 9 aromatic rings. The van der Waals surface area contributed by atoms with Crippen LogP contribution in [-0.2, 0) is 5.41 Å². The minimum Gasteiger partial charge on any atom is -0.309 e. The van der Waals surface area contributed by atoms with Crippen LogP contribution in [-0.4, -0.2) is 4.57 Å². The van der Waals surface area contributed by atoms with Crippen LogP contribution in [0.3, 0.4) is 0 Å². The predicted molar refractivity (Wildman–Crippen MR) is 184 cm³/mol. The zero-order chi connectivity index (χ0) is 27.7. The van der Waals surface area contributed by atoms with E-state index in [4.69, 9.17) is 0 Å². The van der Waals surface area contributed by atoms with Crippen LogP contribution in [0.2, 0.25) is 0 Å². The van der Waals surface area contributed by atoms with Gasteiger partial charge in [0.2, 0.25) is 0 Å². The standard InChI is InChI=1S/C39H25NS2/c1-39(2)29-12-6-3-10-26(29)35-30(39)18-16-24-25-17-19-32-36(38(25)42-37(24)35)27-11-4-7-13-31(27)40(32)22-15-20-34-28(21-22)23-9-5-8-14-33(23)41-34/h3-21H,1-2H3. The van der Waals surface area contributed by atoms with Crippen molar-refractivity contribution >= 4 is 84.8 Å². The largest absolute Gasteiger partial charge is 0.309 e. The lowest BCUT2D eigenvalue weighted by molar-refractivity contribution is 0.661. The van der Waals surface area contributed by atoms with Gasteiger partial charge in [0.1, 0.15) is 0 Å². The van der Waals surface area contributed by atoms with Crippen LogP contribution in [0.4, 0.5) is 0 Å². The molecule has 0 saturated carbocycles. The van der Waals surface area contributed by atoms with E-state index >= 15 is 0 Å². The van der Waals surface area contributed by atoms with Crippen LogP contribution in [0.5, 0.6) is 0 Å². The fourth-order valence-corrected chi connectivity index (χ4v) is 10.2. The van der Waals surface area contributed by atoms with Gasteiger partial charge >= 0.3 is 0 Å². The van der Waals surface area contributed by atoms with Crippen molar-refractivity contribution in [1.82, 2.24) is 4.57 Å². The molecule has 0 spiro atoms. The summed E-state index contributed by atoms with van der Waals surface area (Å²) in [6, 6.07) is 43.2. The van der Waals surface area contributed by atoms with Gasteiger partial charge in [-0.3, -0.25) is 0 Å². The van der Waals surface area contributed by atoms with Crippen molar-refractivity contribution in [2.75, 3.05) is 0 Å². The van der Waals surface area contributed by atoms with Crippen LogP contribution in [0.1, 0.15) is 25.0 Å². The van der Waals surface area contributed by atoms with E-state index in [0.717, 1.165) is 0 Å². The monoisotopic (exact) mass is 571 g/mol. The molecule has 0 radical (unpaired) electrons. The second-order valence-electron chi connectivity index (χ2n) is 12.1. The van der Waals surface area contributed by atoms with Crippen molar-refractivity contribution < 1.29 is 0 Å². The Morgan fingerprint density at radius 1 is 0.524 bits per heavy atom. The highest BCUT2D eigenvalue weighted by Crippen LogP contribution is 2.54. The number of thiophene rings is 2. The van der Waals surface area contributed by atoms with E-state index < -0.39 is 0 Å². The van der Waals surface area contributed by atoms with Crippen LogP contribution in [0, 0.1) is 0 Å². The topological polar surface area (TPSA) is 4.93 Å². The normalized spacial score (nSPS) is 14.1. The van der Waals surface area contributed by atoms with E-state index in [9.17, 15) is 0 Å². The van der Waals surface area contributed by atoms with Crippen molar-refractivity contribution in [2.24, 2.45) is 0 Å². The summed E-state index contributed by atoms with van der Waals surface area (Å²) in [6.07, 6.45) is 0.